The van der Waals surface area contributed by atoms with Gasteiger partial charge in [0.2, 0.25) is 5.88 Å². The van der Waals surface area contributed by atoms with Gasteiger partial charge in [-0.1, -0.05) is 30.3 Å². The lowest BCUT2D eigenvalue weighted by atomic mass is 10.0. The summed E-state index contributed by atoms with van der Waals surface area (Å²) in [5.74, 6) is 0.845. The molecule has 0 atom stereocenters. The third-order valence-corrected chi connectivity index (χ3v) is 5.11. The Morgan fingerprint density at radius 2 is 1.90 bits per heavy atom. The van der Waals surface area contributed by atoms with Crippen LogP contribution in [0.4, 0.5) is 0 Å². The molecule has 0 N–H and O–H groups in total. The highest BCUT2D eigenvalue weighted by Crippen LogP contribution is 2.34. The SMILES string of the molecule is Cn1nc(Br)c2c(Oc3ccc4c(-c5ccccc5)cc(=O)oc4c3)ncnc21. The van der Waals surface area contributed by atoms with Crippen molar-refractivity contribution in [2.45, 2.75) is 0 Å². The maximum atomic E-state index is 12.1. The lowest BCUT2D eigenvalue weighted by molar-refractivity contribution is 0.466. The van der Waals surface area contributed by atoms with Gasteiger partial charge in [-0.15, -0.1) is 0 Å². The highest BCUT2D eigenvalue weighted by Gasteiger charge is 2.16. The number of halogens is 1. The third kappa shape index (κ3) is 3.07. The molecule has 0 amide bonds. The van der Waals surface area contributed by atoms with Crippen molar-refractivity contribution in [3.63, 3.8) is 0 Å². The second-order valence-electron chi connectivity index (χ2n) is 6.40. The summed E-state index contributed by atoms with van der Waals surface area (Å²) in [6.45, 7) is 0. The van der Waals surface area contributed by atoms with Crippen LogP contribution in [-0.4, -0.2) is 19.7 Å². The van der Waals surface area contributed by atoms with Gasteiger partial charge in [-0.05, 0) is 39.2 Å². The second-order valence-corrected chi connectivity index (χ2v) is 7.15. The molecule has 0 aliphatic carbocycles. The van der Waals surface area contributed by atoms with Gasteiger partial charge in [0.05, 0.1) is 0 Å². The number of ether oxygens (including phenoxy) is 1. The summed E-state index contributed by atoms with van der Waals surface area (Å²) in [6.07, 6.45) is 1.42. The van der Waals surface area contributed by atoms with Gasteiger partial charge in [-0.2, -0.15) is 5.10 Å². The van der Waals surface area contributed by atoms with E-state index in [1.165, 1.54) is 12.4 Å². The smallest absolute Gasteiger partial charge is 0.336 e. The Labute approximate surface area is 172 Å². The monoisotopic (exact) mass is 448 g/mol. The first-order valence-corrected chi connectivity index (χ1v) is 9.54. The van der Waals surface area contributed by atoms with Crippen LogP contribution in [-0.2, 0) is 7.05 Å². The molecule has 0 saturated heterocycles. The Balaban J connectivity index is 1.62. The first-order chi connectivity index (χ1) is 14.1. The minimum atomic E-state index is -0.423. The molecule has 0 bridgehead atoms. The topological polar surface area (TPSA) is 83.0 Å². The normalized spacial score (nSPS) is 11.2. The molecule has 3 heterocycles. The number of fused-ring (bicyclic) bond motifs is 2. The van der Waals surface area contributed by atoms with Crippen LogP contribution in [0, 0.1) is 0 Å². The first kappa shape index (κ1) is 17.6. The fourth-order valence-electron chi connectivity index (χ4n) is 3.27. The lowest BCUT2D eigenvalue weighted by Crippen LogP contribution is -1.98. The Hall–Kier alpha value is -3.52. The number of rotatable bonds is 3. The molecule has 0 unspecified atom stereocenters. The first-order valence-electron chi connectivity index (χ1n) is 8.74. The molecular weight excluding hydrogens is 436 g/mol. The molecule has 29 heavy (non-hydrogen) atoms. The molecule has 3 aromatic heterocycles. The molecular formula is C21H13BrN4O3. The molecule has 5 aromatic rings. The van der Waals surface area contributed by atoms with Crippen LogP contribution in [0.15, 0.2) is 74.7 Å². The Morgan fingerprint density at radius 1 is 1.07 bits per heavy atom. The molecule has 7 nitrogen and oxygen atoms in total. The molecule has 0 saturated carbocycles. The van der Waals surface area contributed by atoms with Crippen LogP contribution in [0.25, 0.3) is 33.1 Å². The second kappa shape index (κ2) is 6.82. The average molecular weight is 449 g/mol. The largest absolute Gasteiger partial charge is 0.438 e. The van der Waals surface area contributed by atoms with Gasteiger partial charge in [0.1, 0.15) is 27.6 Å². The summed E-state index contributed by atoms with van der Waals surface area (Å²) < 4.78 is 13.6. The van der Waals surface area contributed by atoms with Crippen LogP contribution >= 0.6 is 15.9 Å². The Bertz CT molecular complexity index is 1430. The molecule has 0 aliphatic rings. The number of hydrogen-bond donors (Lipinski definition) is 0. The molecule has 2 aromatic carbocycles. The standard InChI is InChI=1S/C21H13BrN4O3/c1-26-20-18(19(22)25-26)21(24-11-23-20)28-13-7-8-14-15(12-5-3-2-4-6-12)10-17(27)29-16(14)9-13/h2-11H,1H3. The van der Waals surface area contributed by atoms with Gasteiger partial charge in [0, 0.05) is 24.6 Å². The summed E-state index contributed by atoms with van der Waals surface area (Å²) in [5, 5.41) is 5.77. The molecule has 8 heteroatoms. The van der Waals surface area contributed by atoms with E-state index in [0.717, 1.165) is 16.5 Å². The van der Waals surface area contributed by atoms with Gasteiger partial charge in [-0.25, -0.2) is 19.4 Å². The summed E-state index contributed by atoms with van der Waals surface area (Å²) in [7, 11) is 1.79. The highest BCUT2D eigenvalue weighted by molar-refractivity contribution is 9.10. The zero-order valence-electron chi connectivity index (χ0n) is 15.2. The van der Waals surface area contributed by atoms with Crippen LogP contribution in [0.5, 0.6) is 11.6 Å². The summed E-state index contributed by atoms with van der Waals surface area (Å²) in [6, 6.07) is 16.6. The number of aryl methyl sites for hydroxylation is 1. The number of aromatic nitrogens is 4. The molecule has 0 radical (unpaired) electrons. The van der Waals surface area contributed by atoms with E-state index in [9.17, 15) is 4.79 Å². The minimum absolute atomic E-state index is 0.357. The fourth-order valence-corrected chi connectivity index (χ4v) is 3.85. The van der Waals surface area contributed by atoms with Gasteiger partial charge in [0.25, 0.3) is 0 Å². The van der Waals surface area contributed by atoms with Crippen molar-refractivity contribution in [3.8, 4) is 22.8 Å². The zero-order valence-corrected chi connectivity index (χ0v) is 16.8. The Morgan fingerprint density at radius 3 is 2.72 bits per heavy atom. The van der Waals surface area contributed by atoms with Crippen molar-refractivity contribution in [3.05, 3.63) is 75.9 Å². The zero-order chi connectivity index (χ0) is 20.0. The van der Waals surface area contributed by atoms with Crippen molar-refractivity contribution in [2.24, 2.45) is 7.05 Å². The molecule has 142 valence electrons. The maximum Gasteiger partial charge on any atom is 0.336 e. The lowest BCUT2D eigenvalue weighted by Gasteiger charge is -2.09. The third-order valence-electron chi connectivity index (χ3n) is 4.56. The quantitative estimate of drug-likeness (QED) is 0.372. The summed E-state index contributed by atoms with van der Waals surface area (Å²) in [4.78, 5) is 20.6. The summed E-state index contributed by atoms with van der Waals surface area (Å²) >= 11 is 3.41. The molecule has 0 spiro atoms. The molecule has 0 aliphatic heterocycles. The van der Waals surface area contributed by atoms with Crippen molar-refractivity contribution >= 4 is 37.9 Å². The van der Waals surface area contributed by atoms with E-state index < -0.39 is 5.63 Å². The summed E-state index contributed by atoms with van der Waals surface area (Å²) in [5.41, 5.74) is 2.40. The predicted octanol–water partition coefficient (Wildman–Crippen LogP) is 4.69. The van der Waals surface area contributed by atoms with Gasteiger partial charge >= 0.3 is 5.63 Å². The minimum Gasteiger partial charge on any atom is -0.438 e. The van der Waals surface area contributed by atoms with Gasteiger partial charge in [0.15, 0.2) is 5.65 Å². The van der Waals surface area contributed by atoms with E-state index >= 15 is 0 Å². The predicted molar refractivity (Wildman–Crippen MR) is 112 cm³/mol. The molecule has 5 rings (SSSR count). The van der Waals surface area contributed by atoms with Crippen LogP contribution in [0.3, 0.4) is 0 Å². The van der Waals surface area contributed by atoms with Gasteiger partial charge < -0.3 is 9.15 Å². The van der Waals surface area contributed by atoms with E-state index in [0.29, 0.717) is 32.8 Å². The molecule has 0 fully saturated rings. The van der Waals surface area contributed by atoms with Gasteiger partial charge in [-0.3, -0.25) is 0 Å². The van der Waals surface area contributed by atoms with Crippen molar-refractivity contribution in [1.82, 2.24) is 19.7 Å². The number of benzene rings is 2. The average Bonchev–Trinajstić information content (AvgIpc) is 3.02. The van der Waals surface area contributed by atoms with E-state index in [2.05, 4.69) is 31.0 Å². The van der Waals surface area contributed by atoms with E-state index in [-0.39, 0.29) is 0 Å². The number of hydrogen-bond acceptors (Lipinski definition) is 6. The number of nitrogens with zero attached hydrogens (tertiary/aromatic N) is 4. The van der Waals surface area contributed by atoms with Crippen molar-refractivity contribution in [1.29, 1.82) is 0 Å². The van der Waals surface area contributed by atoms with Crippen LogP contribution in [0.1, 0.15) is 0 Å². The van der Waals surface area contributed by atoms with E-state index in [4.69, 9.17) is 9.15 Å². The van der Waals surface area contributed by atoms with Crippen LogP contribution < -0.4 is 10.4 Å². The van der Waals surface area contributed by atoms with Crippen molar-refractivity contribution < 1.29 is 9.15 Å². The van der Waals surface area contributed by atoms with E-state index in [1.54, 1.807) is 17.8 Å². The highest BCUT2D eigenvalue weighted by atomic mass is 79.9. The van der Waals surface area contributed by atoms with E-state index in [1.807, 2.05) is 42.5 Å². The van der Waals surface area contributed by atoms with Crippen molar-refractivity contribution in [2.75, 3.05) is 0 Å². The fraction of sp³-hybridized carbons (Fsp3) is 0.0476. The maximum absolute atomic E-state index is 12.1. The van der Waals surface area contributed by atoms with Crippen LogP contribution in [0.2, 0.25) is 0 Å². The Kier molecular flexibility index (Phi) is 4.13.